The maximum absolute atomic E-state index is 12.7. The lowest BCUT2D eigenvalue weighted by Gasteiger charge is -2.24. The molecule has 0 radical (unpaired) electrons. The smallest absolute Gasteiger partial charge is 0.235 e. The Kier molecular flexibility index (Phi) is 5.06. The highest BCUT2D eigenvalue weighted by Crippen LogP contribution is 2.09. The quantitative estimate of drug-likeness (QED) is 0.458. The number of carbonyl (C=O) groups is 1. The molecule has 1 amide bonds. The standard InChI is InChI=1S/C12H18FN3O/c1-9(7-12(17)15-14)16(2)8-10-3-5-11(13)6-4-10/h3-6,9H,7-8,14H2,1-2H3,(H,15,17). The maximum Gasteiger partial charge on any atom is 0.235 e. The summed E-state index contributed by atoms with van der Waals surface area (Å²) in [6.45, 7) is 2.61. The van der Waals surface area contributed by atoms with Crippen molar-refractivity contribution in [2.24, 2.45) is 5.84 Å². The second-order valence-corrected chi connectivity index (χ2v) is 4.16. The van der Waals surface area contributed by atoms with Gasteiger partial charge in [-0.15, -0.1) is 0 Å². The number of nitrogens with zero attached hydrogens (tertiary/aromatic N) is 1. The second-order valence-electron chi connectivity index (χ2n) is 4.16. The lowest BCUT2D eigenvalue weighted by atomic mass is 10.1. The van der Waals surface area contributed by atoms with Crippen molar-refractivity contribution in [1.82, 2.24) is 10.3 Å². The van der Waals surface area contributed by atoms with Crippen LogP contribution in [0.1, 0.15) is 18.9 Å². The molecular formula is C12H18FN3O. The van der Waals surface area contributed by atoms with Crippen LogP contribution in [0.3, 0.4) is 0 Å². The van der Waals surface area contributed by atoms with E-state index < -0.39 is 0 Å². The SMILES string of the molecule is CC(CC(=O)NN)N(C)Cc1ccc(F)cc1. The first kappa shape index (κ1) is 13.6. The molecule has 0 aliphatic rings. The Bertz CT molecular complexity index is 367. The number of nitrogens with two attached hydrogens (primary N) is 1. The van der Waals surface area contributed by atoms with E-state index in [4.69, 9.17) is 5.84 Å². The van der Waals surface area contributed by atoms with E-state index >= 15 is 0 Å². The van der Waals surface area contributed by atoms with Crippen molar-refractivity contribution >= 4 is 5.91 Å². The molecule has 0 saturated heterocycles. The van der Waals surface area contributed by atoms with Gasteiger partial charge in [-0.05, 0) is 31.7 Å². The van der Waals surface area contributed by atoms with Gasteiger partial charge in [0, 0.05) is 19.0 Å². The van der Waals surface area contributed by atoms with Crippen LogP contribution in [-0.4, -0.2) is 23.9 Å². The van der Waals surface area contributed by atoms with Crippen LogP contribution in [0.25, 0.3) is 0 Å². The molecule has 1 aromatic rings. The highest BCUT2D eigenvalue weighted by Gasteiger charge is 2.13. The molecule has 0 heterocycles. The first-order valence-corrected chi connectivity index (χ1v) is 5.47. The molecule has 3 N–H and O–H groups in total. The van der Waals surface area contributed by atoms with Crippen LogP contribution in [0, 0.1) is 5.82 Å². The fourth-order valence-corrected chi connectivity index (χ4v) is 1.52. The average Bonchev–Trinajstić information content (AvgIpc) is 2.31. The number of amides is 1. The molecule has 1 aromatic carbocycles. The summed E-state index contributed by atoms with van der Waals surface area (Å²) in [6, 6.07) is 6.41. The van der Waals surface area contributed by atoms with E-state index in [9.17, 15) is 9.18 Å². The molecule has 1 atom stereocenters. The van der Waals surface area contributed by atoms with E-state index in [-0.39, 0.29) is 17.8 Å². The molecule has 0 saturated carbocycles. The largest absolute Gasteiger partial charge is 0.299 e. The molecule has 5 heteroatoms. The third-order valence-electron chi connectivity index (χ3n) is 2.74. The zero-order valence-corrected chi connectivity index (χ0v) is 10.1. The summed E-state index contributed by atoms with van der Waals surface area (Å²) in [5.74, 6) is 4.60. The first-order chi connectivity index (χ1) is 8.02. The van der Waals surface area contributed by atoms with E-state index in [2.05, 4.69) is 5.43 Å². The van der Waals surface area contributed by atoms with Crippen molar-refractivity contribution in [1.29, 1.82) is 0 Å². The minimum Gasteiger partial charge on any atom is -0.299 e. The van der Waals surface area contributed by atoms with Gasteiger partial charge in [-0.2, -0.15) is 0 Å². The maximum atomic E-state index is 12.7. The average molecular weight is 239 g/mol. The van der Waals surface area contributed by atoms with Crippen molar-refractivity contribution < 1.29 is 9.18 Å². The van der Waals surface area contributed by atoms with Gasteiger partial charge in [0.25, 0.3) is 0 Å². The first-order valence-electron chi connectivity index (χ1n) is 5.47. The monoisotopic (exact) mass is 239 g/mol. The van der Waals surface area contributed by atoms with Crippen molar-refractivity contribution in [3.63, 3.8) is 0 Å². The van der Waals surface area contributed by atoms with Crippen LogP contribution in [0.5, 0.6) is 0 Å². The zero-order chi connectivity index (χ0) is 12.8. The number of hydrogen-bond acceptors (Lipinski definition) is 3. The number of benzene rings is 1. The predicted octanol–water partition coefficient (Wildman–Crippen LogP) is 1.03. The number of halogens is 1. The van der Waals surface area contributed by atoms with Gasteiger partial charge in [0.1, 0.15) is 5.82 Å². The van der Waals surface area contributed by atoms with Crippen molar-refractivity contribution in [2.75, 3.05) is 7.05 Å². The van der Waals surface area contributed by atoms with Crippen LogP contribution in [-0.2, 0) is 11.3 Å². The Morgan fingerprint density at radius 2 is 2.06 bits per heavy atom. The van der Waals surface area contributed by atoms with Crippen molar-refractivity contribution in [3.8, 4) is 0 Å². The number of rotatable bonds is 5. The van der Waals surface area contributed by atoms with Crippen LogP contribution >= 0.6 is 0 Å². The summed E-state index contributed by atoms with van der Waals surface area (Å²) in [7, 11) is 1.91. The van der Waals surface area contributed by atoms with Crippen molar-refractivity contribution in [3.05, 3.63) is 35.6 Å². The minimum atomic E-state index is -0.244. The fourth-order valence-electron chi connectivity index (χ4n) is 1.52. The van der Waals surface area contributed by atoms with E-state index in [1.165, 1.54) is 12.1 Å². The van der Waals surface area contributed by atoms with Gasteiger partial charge >= 0.3 is 0 Å². The Labute approximate surface area is 101 Å². The molecular weight excluding hydrogens is 221 g/mol. The molecule has 17 heavy (non-hydrogen) atoms. The summed E-state index contributed by atoms with van der Waals surface area (Å²) in [5, 5.41) is 0. The van der Waals surface area contributed by atoms with Gasteiger partial charge in [-0.1, -0.05) is 12.1 Å². The molecule has 0 fully saturated rings. The Morgan fingerprint density at radius 1 is 1.47 bits per heavy atom. The van der Waals surface area contributed by atoms with Crippen molar-refractivity contribution in [2.45, 2.75) is 25.9 Å². The van der Waals surface area contributed by atoms with Gasteiger partial charge in [-0.3, -0.25) is 15.1 Å². The third-order valence-corrected chi connectivity index (χ3v) is 2.74. The van der Waals surface area contributed by atoms with Gasteiger partial charge in [0.15, 0.2) is 0 Å². The Morgan fingerprint density at radius 3 is 2.59 bits per heavy atom. The van der Waals surface area contributed by atoms with Crippen LogP contribution in [0.2, 0.25) is 0 Å². The molecule has 0 aliphatic carbocycles. The van der Waals surface area contributed by atoms with E-state index in [1.807, 2.05) is 18.9 Å². The Balaban J connectivity index is 2.50. The molecule has 1 rings (SSSR count). The molecule has 1 unspecified atom stereocenters. The summed E-state index contributed by atoms with van der Waals surface area (Å²) in [4.78, 5) is 13.1. The lowest BCUT2D eigenvalue weighted by molar-refractivity contribution is -0.122. The van der Waals surface area contributed by atoms with Gasteiger partial charge in [-0.25, -0.2) is 10.2 Å². The van der Waals surface area contributed by atoms with Gasteiger partial charge in [0.05, 0.1) is 0 Å². The molecule has 94 valence electrons. The van der Waals surface area contributed by atoms with E-state index in [0.717, 1.165) is 5.56 Å². The number of nitrogens with one attached hydrogen (secondary N) is 1. The Hall–Kier alpha value is -1.46. The normalized spacial score (nSPS) is 12.5. The third kappa shape index (κ3) is 4.50. The molecule has 4 nitrogen and oxygen atoms in total. The van der Waals surface area contributed by atoms with Gasteiger partial charge < -0.3 is 0 Å². The fraction of sp³-hybridized carbons (Fsp3) is 0.417. The zero-order valence-electron chi connectivity index (χ0n) is 10.1. The highest BCUT2D eigenvalue weighted by molar-refractivity contribution is 5.75. The highest BCUT2D eigenvalue weighted by atomic mass is 19.1. The van der Waals surface area contributed by atoms with Crippen LogP contribution in [0.15, 0.2) is 24.3 Å². The summed E-state index contributed by atoms with van der Waals surface area (Å²) in [6.07, 6.45) is 0.341. The summed E-state index contributed by atoms with van der Waals surface area (Å²) >= 11 is 0. The predicted molar refractivity (Wildman–Crippen MR) is 64.3 cm³/mol. The topological polar surface area (TPSA) is 58.4 Å². The molecule has 0 spiro atoms. The lowest BCUT2D eigenvalue weighted by Crippen LogP contribution is -2.37. The molecule has 0 aliphatic heterocycles. The molecule has 0 bridgehead atoms. The minimum absolute atomic E-state index is 0.0728. The molecule has 0 aromatic heterocycles. The van der Waals surface area contributed by atoms with E-state index in [1.54, 1.807) is 12.1 Å². The van der Waals surface area contributed by atoms with E-state index in [0.29, 0.717) is 13.0 Å². The number of hydrazine groups is 1. The summed E-state index contributed by atoms with van der Waals surface area (Å²) < 4.78 is 12.7. The van der Waals surface area contributed by atoms with Crippen LogP contribution in [0.4, 0.5) is 4.39 Å². The van der Waals surface area contributed by atoms with Gasteiger partial charge in [0.2, 0.25) is 5.91 Å². The van der Waals surface area contributed by atoms with Crippen LogP contribution < -0.4 is 11.3 Å². The number of hydrogen-bond donors (Lipinski definition) is 2. The summed E-state index contributed by atoms with van der Waals surface area (Å²) in [5.41, 5.74) is 3.12. The number of carbonyl (C=O) groups excluding carboxylic acids is 1. The second kappa shape index (κ2) is 6.32.